The Labute approximate surface area is 121 Å². The number of aromatic nitrogens is 1. The minimum Gasteiger partial charge on any atom is -0.384 e. The molecule has 2 aromatic rings. The fourth-order valence-corrected chi connectivity index (χ4v) is 2.24. The Balaban J connectivity index is 2.22. The highest BCUT2D eigenvalue weighted by Gasteiger charge is 2.12. The second-order valence-electron chi connectivity index (χ2n) is 5.17. The summed E-state index contributed by atoms with van der Waals surface area (Å²) in [4.78, 5) is 6.71. The van der Waals surface area contributed by atoms with Gasteiger partial charge in [0.05, 0.1) is 23.8 Å². The largest absolute Gasteiger partial charge is 0.384 e. The van der Waals surface area contributed by atoms with E-state index in [1.165, 1.54) is 5.56 Å². The highest BCUT2D eigenvalue weighted by atomic mass is 15.2. The molecule has 1 N–H and O–H groups in total. The summed E-state index contributed by atoms with van der Waals surface area (Å²) in [5.74, 6) is 0. The van der Waals surface area contributed by atoms with E-state index in [4.69, 9.17) is 0 Å². The van der Waals surface area contributed by atoms with E-state index >= 15 is 0 Å². The van der Waals surface area contributed by atoms with E-state index in [2.05, 4.69) is 72.4 Å². The van der Waals surface area contributed by atoms with Gasteiger partial charge in [0.25, 0.3) is 0 Å². The number of nitrogens with one attached hydrogen (secondary N) is 1. The zero-order valence-corrected chi connectivity index (χ0v) is 12.5. The van der Waals surface area contributed by atoms with E-state index in [1.807, 2.05) is 12.4 Å². The smallest absolute Gasteiger partial charge is 0.0578 e. The van der Waals surface area contributed by atoms with Crippen molar-refractivity contribution in [3.63, 3.8) is 0 Å². The van der Waals surface area contributed by atoms with Crippen LogP contribution in [0.1, 0.15) is 26.3 Å². The van der Waals surface area contributed by atoms with Crippen LogP contribution in [0.2, 0.25) is 0 Å². The van der Waals surface area contributed by atoms with Gasteiger partial charge in [0.2, 0.25) is 0 Å². The van der Waals surface area contributed by atoms with Crippen LogP contribution in [-0.4, -0.2) is 17.6 Å². The second kappa shape index (κ2) is 6.94. The van der Waals surface area contributed by atoms with Gasteiger partial charge in [0, 0.05) is 19.1 Å². The van der Waals surface area contributed by atoms with Gasteiger partial charge in [-0.05, 0) is 32.4 Å². The monoisotopic (exact) mass is 269 g/mol. The number of benzene rings is 1. The molecule has 0 aliphatic rings. The maximum absolute atomic E-state index is 4.34. The van der Waals surface area contributed by atoms with Gasteiger partial charge >= 0.3 is 0 Å². The van der Waals surface area contributed by atoms with E-state index in [9.17, 15) is 0 Å². The molecular formula is C17H23N3. The van der Waals surface area contributed by atoms with Crippen LogP contribution in [0.4, 0.5) is 11.4 Å². The predicted octanol–water partition coefficient (Wildman–Crippen LogP) is 3.93. The van der Waals surface area contributed by atoms with Crippen molar-refractivity contribution in [2.75, 3.05) is 16.8 Å². The maximum Gasteiger partial charge on any atom is 0.0578 e. The van der Waals surface area contributed by atoms with Gasteiger partial charge in [-0.1, -0.05) is 30.3 Å². The topological polar surface area (TPSA) is 28.2 Å². The molecule has 3 heteroatoms. The van der Waals surface area contributed by atoms with Crippen molar-refractivity contribution in [2.45, 2.75) is 33.4 Å². The van der Waals surface area contributed by atoms with E-state index in [-0.39, 0.29) is 0 Å². The van der Waals surface area contributed by atoms with Gasteiger partial charge in [-0.2, -0.15) is 0 Å². The molecule has 0 spiro atoms. The average Bonchev–Trinajstić information content (AvgIpc) is 2.46. The van der Waals surface area contributed by atoms with Crippen molar-refractivity contribution in [2.24, 2.45) is 0 Å². The summed E-state index contributed by atoms with van der Waals surface area (Å²) in [7, 11) is 0. The van der Waals surface area contributed by atoms with E-state index in [0.717, 1.165) is 24.5 Å². The highest BCUT2D eigenvalue weighted by Crippen LogP contribution is 2.22. The first-order valence-electron chi connectivity index (χ1n) is 7.20. The fourth-order valence-electron chi connectivity index (χ4n) is 2.24. The second-order valence-corrected chi connectivity index (χ2v) is 5.17. The molecule has 0 saturated heterocycles. The highest BCUT2D eigenvalue weighted by molar-refractivity contribution is 5.56. The molecule has 0 radical (unpaired) electrons. The summed E-state index contributed by atoms with van der Waals surface area (Å²) >= 11 is 0. The molecule has 2 rings (SSSR count). The SMILES string of the molecule is CCNc1cncc(N(Cc2ccccc2)C(C)C)c1. The van der Waals surface area contributed by atoms with Crippen LogP contribution in [-0.2, 0) is 6.54 Å². The Hall–Kier alpha value is -2.03. The number of nitrogens with zero attached hydrogens (tertiary/aromatic N) is 2. The van der Waals surface area contributed by atoms with Crippen LogP contribution < -0.4 is 10.2 Å². The quantitative estimate of drug-likeness (QED) is 0.861. The van der Waals surface area contributed by atoms with Gasteiger partial charge in [0.15, 0.2) is 0 Å². The molecule has 1 aromatic carbocycles. The van der Waals surface area contributed by atoms with Crippen molar-refractivity contribution in [1.29, 1.82) is 0 Å². The van der Waals surface area contributed by atoms with Gasteiger partial charge in [0.1, 0.15) is 0 Å². The molecule has 1 heterocycles. The standard InChI is InChI=1S/C17H23N3/c1-4-19-16-10-17(12-18-11-16)20(14(2)3)13-15-8-6-5-7-9-15/h5-12,14,19H,4,13H2,1-3H3. The Morgan fingerprint density at radius 1 is 1.15 bits per heavy atom. The molecular weight excluding hydrogens is 246 g/mol. The molecule has 0 fully saturated rings. The number of hydrogen-bond donors (Lipinski definition) is 1. The zero-order chi connectivity index (χ0) is 14.4. The van der Waals surface area contributed by atoms with E-state index in [0.29, 0.717) is 6.04 Å². The molecule has 0 unspecified atom stereocenters. The lowest BCUT2D eigenvalue weighted by atomic mass is 10.1. The van der Waals surface area contributed by atoms with Crippen molar-refractivity contribution >= 4 is 11.4 Å². The third-order valence-electron chi connectivity index (χ3n) is 3.26. The fraction of sp³-hybridized carbons (Fsp3) is 0.353. The van der Waals surface area contributed by atoms with Crippen LogP contribution in [0, 0.1) is 0 Å². The van der Waals surface area contributed by atoms with Crippen molar-refractivity contribution in [3.8, 4) is 0 Å². The van der Waals surface area contributed by atoms with Gasteiger partial charge in [-0.25, -0.2) is 0 Å². The molecule has 0 aliphatic heterocycles. The van der Waals surface area contributed by atoms with Crippen molar-refractivity contribution in [3.05, 3.63) is 54.4 Å². The third-order valence-corrected chi connectivity index (χ3v) is 3.26. The lowest BCUT2D eigenvalue weighted by Crippen LogP contribution is -2.30. The number of hydrogen-bond acceptors (Lipinski definition) is 3. The molecule has 0 bridgehead atoms. The molecule has 0 saturated carbocycles. The molecule has 3 nitrogen and oxygen atoms in total. The molecule has 106 valence electrons. The summed E-state index contributed by atoms with van der Waals surface area (Å²) in [5.41, 5.74) is 3.54. The van der Waals surface area contributed by atoms with Crippen LogP contribution >= 0.6 is 0 Å². The minimum absolute atomic E-state index is 0.425. The molecule has 0 aliphatic carbocycles. The maximum atomic E-state index is 4.34. The van der Waals surface area contributed by atoms with Crippen molar-refractivity contribution < 1.29 is 0 Å². The van der Waals surface area contributed by atoms with Gasteiger partial charge < -0.3 is 10.2 Å². The zero-order valence-electron chi connectivity index (χ0n) is 12.5. The predicted molar refractivity (Wildman–Crippen MR) is 86.2 cm³/mol. The molecule has 20 heavy (non-hydrogen) atoms. The third kappa shape index (κ3) is 3.73. The number of pyridine rings is 1. The van der Waals surface area contributed by atoms with E-state index < -0.39 is 0 Å². The number of anilines is 2. The summed E-state index contributed by atoms with van der Waals surface area (Å²) in [5, 5.41) is 3.32. The first kappa shape index (κ1) is 14.4. The summed E-state index contributed by atoms with van der Waals surface area (Å²) in [6.45, 7) is 8.32. The minimum atomic E-state index is 0.425. The first-order chi connectivity index (χ1) is 9.70. The lowest BCUT2D eigenvalue weighted by molar-refractivity contribution is 0.681. The normalized spacial score (nSPS) is 10.6. The Morgan fingerprint density at radius 2 is 1.90 bits per heavy atom. The van der Waals surface area contributed by atoms with Crippen LogP contribution in [0.5, 0.6) is 0 Å². The van der Waals surface area contributed by atoms with E-state index in [1.54, 1.807) is 0 Å². The number of rotatable bonds is 6. The average molecular weight is 269 g/mol. The summed E-state index contributed by atoms with van der Waals surface area (Å²) in [6.07, 6.45) is 3.80. The summed E-state index contributed by atoms with van der Waals surface area (Å²) < 4.78 is 0. The van der Waals surface area contributed by atoms with Gasteiger partial charge in [-0.3, -0.25) is 4.98 Å². The summed E-state index contributed by atoms with van der Waals surface area (Å²) in [6, 6.07) is 13.1. The van der Waals surface area contributed by atoms with Crippen LogP contribution in [0.3, 0.4) is 0 Å². The van der Waals surface area contributed by atoms with Gasteiger partial charge in [-0.15, -0.1) is 0 Å². The first-order valence-corrected chi connectivity index (χ1v) is 7.20. The Kier molecular flexibility index (Phi) is 4.99. The van der Waals surface area contributed by atoms with Crippen LogP contribution in [0.15, 0.2) is 48.8 Å². The van der Waals surface area contributed by atoms with Crippen LogP contribution in [0.25, 0.3) is 0 Å². The molecule has 0 atom stereocenters. The van der Waals surface area contributed by atoms with Crippen molar-refractivity contribution in [1.82, 2.24) is 4.98 Å². The Morgan fingerprint density at radius 3 is 2.55 bits per heavy atom. The Bertz CT molecular complexity index is 523. The molecule has 0 amide bonds. The lowest BCUT2D eigenvalue weighted by Gasteiger charge is -2.29. The molecule has 1 aromatic heterocycles.